The second-order valence-corrected chi connectivity index (χ2v) is 6.16. The number of β-amino-alcohol motifs (C(OH)–C–C–N with tert-alkyl or cyclic N) is 1. The highest BCUT2D eigenvalue weighted by Gasteiger charge is 2.29. The Balaban J connectivity index is 1.80. The van der Waals surface area contributed by atoms with Gasteiger partial charge in [-0.05, 0) is 32.9 Å². The summed E-state index contributed by atoms with van der Waals surface area (Å²) in [5, 5.41) is 12.4. The number of hydrogen-bond donors (Lipinski definition) is 2. The Hall–Kier alpha value is -1.37. The first kappa shape index (κ1) is 17.0. The first-order valence-corrected chi connectivity index (χ1v) is 7.93. The summed E-state index contributed by atoms with van der Waals surface area (Å²) in [6.45, 7) is 9.55. The summed E-state index contributed by atoms with van der Waals surface area (Å²) in [6, 6.07) is 3.84. The highest BCUT2D eigenvalue weighted by atomic mass is 16.3. The lowest BCUT2D eigenvalue weighted by Crippen LogP contribution is -2.58. The molecule has 6 heteroatoms. The van der Waals surface area contributed by atoms with Crippen LogP contribution in [0.4, 0.5) is 0 Å². The van der Waals surface area contributed by atoms with E-state index in [9.17, 15) is 9.90 Å². The van der Waals surface area contributed by atoms with Gasteiger partial charge in [0.1, 0.15) is 5.76 Å². The summed E-state index contributed by atoms with van der Waals surface area (Å²) in [5.74, 6) is 0.781. The lowest BCUT2D eigenvalue weighted by Gasteiger charge is -2.42. The minimum atomic E-state index is -0.317. The van der Waals surface area contributed by atoms with Crippen molar-refractivity contribution in [1.29, 1.82) is 0 Å². The minimum absolute atomic E-state index is 0.0209. The predicted molar refractivity (Wildman–Crippen MR) is 84.3 cm³/mol. The molecule has 2 N–H and O–H groups in total. The van der Waals surface area contributed by atoms with E-state index < -0.39 is 0 Å². The van der Waals surface area contributed by atoms with Crippen LogP contribution >= 0.6 is 0 Å². The summed E-state index contributed by atoms with van der Waals surface area (Å²) in [4.78, 5) is 16.7. The molecular formula is C16H27N3O3. The molecule has 3 unspecified atom stereocenters. The maximum atomic E-state index is 12.3. The van der Waals surface area contributed by atoms with Gasteiger partial charge in [0.25, 0.3) is 0 Å². The van der Waals surface area contributed by atoms with Gasteiger partial charge in [0.15, 0.2) is 0 Å². The Morgan fingerprint density at radius 1 is 1.50 bits per heavy atom. The van der Waals surface area contributed by atoms with Gasteiger partial charge in [-0.3, -0.25) is 14.6 Å². The number of nitrogens with zero attached hydrogens (tertiary/aromatic N) is 2. The van der Waals surface area contributed by atoms with E-state index in [1.54, 1.807) is 6.26 Å². The van der Waals surface area contributed by atoms with E-state index >= 15 is 0 Å². The van der Waals surface area contributed by atoms with E-state index in [-0.39, 0.29) is 18.1 Å². The van der Waals surface area contributed by atoms with Crippen molar-refractivity contribution in [2.24, 2.45) is 0 Å². The van der Waals surface area contributed by atoms with Crippen LogP contribution in [-0.2, 0) is 11.3 Å². The van der Waals surface area contributed by atoms with Gasteiger partial charge in [0.05, 0.1) is 25.0 Å². The maximum Gasteiger partial charge on any atom is 0.237 e. The lowest BCUT2D eigenvalue weighted by molar-refractivity contribution is -0.127. The van der Waals surface area contributed by atoms with Crippen molar-refractivity contribution in [1.82, 2.24) is 15.1 Å². The number of hydrogen-bond acceptors (Lipinski definition) is 5. The van der Waals surface area contributed by atoms with Crippen LogP contribution in [0.25, 0.3) is 0 Å². The standard InChI is InChI=1S/C16H27N3O3/c1-12-10-19(7-6-18(12)11-13(2)20)14(3)16(21)17-9-15-5-4-8-22-15/h4-5,8,12-14,20H,6-7,9-11H2,1-3H3,(H,17,21). The van der Waals surface area contributed by atoms with Gasteiger partial charge in [0, 0.05) is 32.2 Å². The van der Waals surface area contributed by atoms with E-state index in [0.717, 1.165) is 25.4 Å². The molecule has 1 fully saturated rings. The number of amides is 1. The maximum absolute atomic E-state index is 12.3. The quantitative estimate of drug-likeness (QED) is 0.808. The number of aliphatic hydroxyl groups excluding tert-OH is 1. The van der Waals surface area contributed by atoms with Crippen LogP contribution in [0.5, 0.6) is 0 Å². The average molecular weight is 309 g/mol. The van der Waals surface area contributed by atoms with Crippen molar-refractivity contribution in [2.45, 2.75) is 45.5 Å². The largest absolute Gasteiger partial charge is 0.467 e. The number of aliphatic hydroxyl groups is 1. The van der Waals surface area contributed by atoms with Gasteiger partial charge in [-0.15, -0.1) is 0 Å². The Bertz CT molecular complexity index is 461. The van der Waals surface area contributed by atoms with Crippen LogP contribution in [0.2, 0.25) is 0 Å². The number of carbonyl (C=O) groups excluding carboxylic acids is 1. The van der Waals surface area contributed by atoms with Gasteiger partial charge in [-0.1, -0.05) is 0 Å². The number of piperazine rings is 1. The number of rotatable bonds is 6. The fourth-order valence-electron chi connectivity index (χ4n) is 2.89. The van der Waals surface area contributed by atoms with Crippen molar-refractivity contribution in [3.8, 4) is 0 Å². The van der Waals surface area contributed by atoms with Crippen LogP contribution in [-0.4, -0.2) is 65.2 Å². The second-order valence-electron chi connectivity index (χ2n) is 6.16. The zero-order valence-corrected chi connectivity index (χ0v) is 13.7. The van der Waals surface area contributed by atoms with Crippen molar-refractivity contribution < 1.29 is 14.3 Å². The summed E-state index contributed by atoms with van der Waals surface area (Å²) in [5.41, 5.74) is 0. The monoisotopic (exact) mass is 309 g/mol. The lowest BCUT2D eigenvalue weighted by atomic mass is 10.1. The van der Waals surface area contributed by atoms with Gasteiger partial charge in [0.2, 0.25) is 5.91 Å². The van der Waals surface area contributed by atoms with Crippen molar-refractivity contribution in [3.63, 3.8) is 0 Å². The second kappa shape index (κ2) is 7.76. The summed E-state index contributed by atoms with van der Waals surface area (Å²) in [7, 11) is 0. The Kier molecular flexibility index (Phi) is 5.99. The number of furan rings is 1. The Morgan fingerprint density at radius 3 is 2.86 bits per heavy atom. The molecule has 1 aliphatic heterocycles. The molecule has 6 nitrogen and oxygen atoms in total. The molecule has 3 atom stereocenters. The molecule has 0 spiro atoms. The smallest absolute Gasteiger partial charge is 0.237 e. The molecule has 1 aliphatic rings. The zero-order valence-electron chi connectivity index (χ0n) is 13.7. The summed E-state index contributed by atoms with van der Waals surface area (Å²) >= 11 is 0. The van der Waals surface area contributed by atoms with Gasteiger partial charge >= 0.3 is 0 Å². The van der Waals surface area contributed by atoms with E-state index in [2.05, 4.69) is 22.0 Å². The third-order valence-electron chi connectivity index (χ3n) is 4.24. The topological polar surface area (TPSA) is 69.0 Å². The van der Waals surface area contributed by atoms with E-state index in [4.69, 9.17) is 4.42 Å². The van der Waals surface area contributed by atoms with Crippen LogP contribution in [0.1, 0.15) is 26.5 Å². The molecule has 1 amide bonds. The van der Waals surface area contributed by atoms with E-state index in [1.165, 1.54) is 0 Å². The number of nitrogens with one attached hydrogen (secondary N) is 1. The molecule has 1 aromatic heterocycles. The molecule has 1 saturated heterocycles. The first-order valence-electron chi connectivity index (χ1n) is 7.93. The summed E-state index contributed by atoms with van der Waals surface area (Å²) < 4.78 is 5.22. The highest BCUT2D eigenvalue weighted by Crippen LogP contribution is 2.13. The highest BCUT2D eigenvalue weighted by molar-refractivity contribution is 5.81. The fourth-order valence-corrected chi connectivity index (χ4v) is 2.89. The molecular weight excluding hydrogens is 282 g/mol. The van der Waals surface area contributed by atoms with Crippen LogP contribution in [0.3, 0.4) is 0 Å². The van der Waals surface area contributed by atoms with Gasteiger partial charge < -0.3 is 14.8 Å². The van der Waals surface area contributed by atoms with Crippen LogP contribution in [0, 0.1) is 0 Å². The van der Waals surface area contributed by atoms with Crippen LogP contribution in [0.15, 0.2) is 22.8 Å². The molecule has 0 bridgehead atoms. The molecule has 2 heterocycles. The Morgan fingerprint density at radius 2 is 2.27 bits per heavy atom. The molecule has 0 radical (unpaired) electrons. The molecule has 0 aromatic carbocycles. The first-order chi connectivity index (χ1) is 10.5. The SMILES string of the molecule is CC(O)CN1CCN(C(C)C(=O)NCc2ccco2)CC1C. The summed E-state index contributed by atoms with van der Waals surface area (Å²) in [6.07, 6.45) is 1.29. The molecule has 0 aliphatic carbocycles. The Labute approximate surface area is 132 Å². The van der Waals surface area contributed by atoms with Crippen molar-refractivity contribution >= 4 is 5.91 Å². The zero-order chi connectivity index (χ0) is 16.1. The van der Waals surface area contributed by atoms with E-state index in [0.29, 0.717) is 19.1 Å². The third-order valence-corrected chi connectivity index (χ3v) is 4.24. The molecule has 1 aromatic rings. The third kappa shape index (κ3) is 4.56. The average Bonchev–Trinajstić information content (AvgIpc) is 2.99. The van der Waals surface area contributed by atoms with E-state index in [1.807, 2.05) is 26.0 Å². The van der Waals surface area contributed by atoms with Crippen molar-refractivity contribution in [2.75, 3.05) is 26.2 Å². The molecule has 22 heavy (non-hydrogen) atoms. The fraction of sp³-hybridized carbons (Fsp3) is 0.688. The predicted octanol–water partition coefficient (Wildman–Crippen LogP) is 0.671. The van der Waals surface area contributed by atoms with Gasteiger partial charge in [-0.25, -0.2) is 0 Å². The normalized spacial score (nSPS) is 23.2. The number of carbonyl (C=O) groups is 1. The molecule has 2 rings (SSSR count). The van der Waals surface area contributed by atoms with Crippen LogP contribution < -0.4 is 5.32 Å². The van der Waals surface area contributed by atoms with Crippen molar-refractivity contribution in [3.05, 3.63) is 24.2 Å². The molecule has 124 valence electrons. The minimum Gasteiger partial charge on any atom is -0.467 e. The molecule has 0 saturated carbocycles. The van der Waals surface area contributed by atoms with Gasteiger partial charge in [-0.2, -0.15) is 0 Å².